The second-order valence-electron chi connectivity index (χ2n) is 4.02. The summed E-state index contributed by atoms with van der Waals surface area (Å²) in [6.07, 6.45) is 5.40. The van der Waals surface area contributed by atoms with Crippen molar-refractivity contribution in [2.24, 2.45) is 0 Å². The summed E-state index contributed by atoms with van der Waals surface area (Å²) in [6.45, 7) is 2.75. The zero-order valence-corrected chi connectivity index (χ0v) is 11.8. The lowest BCUT2D eigenvalue weighted by molar-refractivity contribution is 0.330. The summed E-state index contributed by atoms with van der Waals surface area (Å²) in [5.74, 6) is 1.68. The van der Waals surface area contributed by atoms with Gasteiger partial charge >= 0.3 is 0 Å². The van der Waals surface area contributed by atoms with Crippen molar-refractivity contribution in [2.45, 2.75) is 6.42 Å². The molecule has 0 unspecified atom stereocenters. The summed E-state index contributed by atoms with van der Waals surface area (Å²) in [4.78, 5) is 2.29. The van der Waals surface area contributed by atoms with Crippen molar-refractivity contribution in [3.8, 4) is 5.88 Å². The summed E-state index contributed by atoms with van der Waals surface area (Å²) in [5.41, 5.74) is 2.18. The summed E-state index contributed by atoms with van der Waals surface area (Å²) in [7, 11) is 2.13. The van der Waals surface area contributed by atoms with E-state index in [1.807, 2.05) is 0 Å². The molecule has 0 spiro atoms. The van der Waals surface area contributed by atoms with Crippen LogP contribution < -0.4 is 4.74 Å². The fourth-order valence-corrected chi connectivity index (χ4v) is 2.54. The molecule has 0 aliphatic carbocycles. The van der Waals surface area contributed by atoms with Crippen molar-refractivity contribution in [1.82, 2.24) is 13.6 Å². The lowest BCUT2D eigenvalue weighted by Gasteiger charge is -2.22. The third-order valence-corrected chi connectivity index (χ3v) is 3.72. The molecule has 1 aliphatic heterocycles. The van der Waals surface area contributed by atoms with Crippen LogP contribution >= 0.6 is 23.5 Å². The van der Waals surface area contributed by atoms with Gasteiger partial charge in [0.05, 0.1) is 18.3 Å². The van der Waals surface area contributed by atoms with Gasteiger partial charge in [-0.25, -0.2) is 0 Å². The molecular formula is C11H17N3OS2. The molecule has 6 heteroatoms. The number of hydrogen-bond acceptors (Lipinski definition) is 6. The molecule has 0 N–H and O–H groups in total. The van der Waals surface area contributed by atoms with Gasteiger partial charge in [0.25, 0.3) is 5.88 Å². The van der Waals surface area contributed by atoms with E-state index < -0.39 is 0 Å². The number of likely N-dealkylation sites (N-methyl/N-ethyl adjacent to an activating group) is 1. The lowest BCUT2D eigenvalue weighted by atomic mass is 10.1. The van der Waals surface area contributed by atoms with Gasteiger partial charge in [-0.2, -0.15) is 16.1 Å². The van der Waals surface area contributed by atoms with Crippen LogP contribution in [0, 0.1) is 0 Å². The molecule has 0 atom stereocenters. The normalized spacial score (nSPS) is 16.9. The van der Waals surface area contributed by atoms with Crippen LogP contribution in [0.3, 0.4) is 0 Å². The standard InChI is InChI=1S/C11H17N3OS2/c1-14-5-3-4-9(8-14)10-11(13-17-12-10)15-6-7-16-2/h4H,3,5-8H2,1-2H3. The zero-order chi connectivity index (χ0) is 12.1. The molecule has 0 fully saturated rings. The Labute approximate surface area is 110 Å². The van der Waals surface area contributed by atoms with Crippen LogP contribution in [-0.2, 0) is 0 Å². The van der Waals surface area contributed by atoms with Crippen molar-refractivity contribution in [3.63, 3.8) is 0 Å². The first-order chi connectivity index (χ1) is 8.31. The maximum Gasteiger partial charge on any atom is 0.253 e. The first-order valence-corrected chi connectivity index (χ1v) is 7.76. The Bertz CT molecular complexity index is 392. The van der Waals surface area contributed by atoms with Crippen molar-refractivity contribution < 1.29 is 4.74 Å². The minimum absolute atomic E-state index is 0.697. The van der Waals surface area contributed by atoms with Gasteiger partial charge in [-0.15, -0.1) is 4.37 Å². The molecule has 0 radical (unpaired) electrons. The highest BCUT2D eigenvalue weighted by Crippen LogP contribution is 2.26. The van der Waals surface area contributed by atoms with Crippen LogP contribution in [-0.4, -0.2) is 52.4 Å². The fraction of sp³-hybridized carbons (Fsp3) is 0.636. The smallest absolute Gasteiger partial charge is 0.253 e. The van der Waals surface area contributed by atoms with E-state index in [4.69, 9.17) is 4.74 Å². The van der Waals surface area contributed by atoms with Crippen LogP contribution in [0.25, 0.3) is 5.57 Å². The molecule has 1 aromatic heterocycles. The highest BCUT2D eigenvalue weighted by atomic mass is 32.2. The molecule has 1 aliphatic rings. The average molecular weight is 271 g/mol. The van der Waals surface area contributed by atoms with Gasteiger partial charge < -0.3 is 9.64 Å². The molecule has 0 saturated carbocycles. The van der Waals surface area contributed by atoms with E-state index in [0.717, 1.165) is 31.0 Å². The van der Waals surface area contributed by atoms with E-state index >= 15 is 0 Å². The first-order valence-electron chi connectivity index (χ1n) is 5.63. The minimum atomic E-state index is 0.697. The highest BCUT2D eigenvalue weighted by molar-refractivity contribution is 7.98. The van der Waals surface area contributed by atoms with Gasteiger partial charge in [0, 0.05) is 18.8 Å². The Morgan fingerprint density at radius 3 is 3.18 bits per heavy atom. The summed E-state index contributed by atoms with van der Waals surface area (Å²) in [6, 6.07) is 0. The Morgan fingerprint density at radius 2 is 2.41 bits per heavy atom. The zero-order valence-electron chi connectivity index (χ0n) is 10.2. The molecule has 0 bridgehead atoms. The maximum atomic E-state index is 5.66. The topological polar surface area (TPSA) is 38.3 Å². The molecule has 1 aromatic rings. The van der Waals surface area contributed by atoms with E-state index in [2.05, 4.69) is 33.0 Å². The third kappa shape index (κ3) is 3.43. The SMILES string of the molecule is CSCCOc1nsnc1C1=CCCN(C)C1. The molecule has 0 saturated heterocycles. The van der Waals surface area contributed by atoms with Crippen molar-refractivity contribution in [1.29, 1.82) is 0 Å². The number of rotatable bonds is 5. The highest BCUT2D eigenvalue weighted by Gasteiger charge is 2.18. The van der Waals surface area contributed by atoms with Gasteiger partial charge in [0.1, 0.15) is 5.69 Å². The first kappa shape index (κ1) is 12.9. The van der Waals surface area contributed by atoms with Crippen molar-refractivity contribution >= 4 is 29.1 Å². The second-order valence-corrected chi connectivity index (χ2v) is 5.53. The van der Waals surface area contributed by atoms with Crippen LogP contribution in [0.4, 0.5) is 0 Å². The number of hydrogen-bond donors (Lipinski definition) is 0. The van der Waals surface area contributed by atoms with E-state index in [0.29, 0.717) is 12.5 Å². The Morgan fingerprint density at radius 1 is 1.53 bits per heavy atom. The van der Waals surface area contributed by atoms with Gasteiger partial charge in [-0.1, -0.05) is 6.08 Å². The molecule has 2 rings (SSSR count). The van der Waals surface area contributed by atoms with Gasteiger partial charge in [-0.05, 0) is 25.3 Å². The second kappa shape index (κ2) is 6.37. The largest absolute Gasteiger partial charge is 0.475 e. The number of thioether (sulfide) groups is 1. The molecule has 17 heavy (non-hydrogen) atoms. The number of aromatic nitrogens is 2. The van der Waals surface area contributed by atoms with Crippen LogP contribution in [0.15, 0.2) is 6.08 Å². The Kier molecular flexibility index (Phi) is 4.82. The van der Waals surface area contributed by atoms with Crippen LogP contribution in [0.1, 0.15) is 12.1 Å². The maximum absolute atomic E-state index is 5.66. The molecule has 94 valence electrons. The summed E-state index contributed by atoms with van der Waals surface area (Å²) in [5, 5.41) is 0. The van der Waals surface area contributed by atoms with E-state index in [-0.39, 0.29) is 0 Å². The monoisotopic (exact) mass is 271 g/mol. The molecular weight excluding hydrogens is 254 g/mol. The fourth-order valence-electron chi connectivity index (χ4n) is 1.76. The summed E-state index contributed by atoms with van der Waals surface area (Å²) >= 11 is 3.00. The molecule has 0 aromatic carbocycles. The predicted octanol–water partition coefficient (Wildman–Crippen LogP) is 2.00. The Balaban J connectivity index is 2.05. The molecule has 4 nitrogen and oxygen atoms in total. The molecule has 2 heterocycles. The van der Waals surface area contributed by atoms with Crippen molar-refractivity contribution in [2.75, 3.05) is 38.8 Å². The quantitative estimate of drug-likeness (QED) is 0.766. The third-order valence-electron chi connectivity index (χ3n) is 2.63. The molecule has 0 amide bonds. The number of ether oxygens (including phenoxy) is 1. The summed E-state index contributed by atoms with van der Waals surface area (Å²) < 4.78 is 14.2. The lowest BCUT2D eigenvalue weighted by Crippen LogP contribution is -2.25. The van der Waals surface area contributed by atoms with E-state index in [1.54, 1.807) is 11.8 Å². The average Bonchev–Trinajstić information content (AvgIpc) is 2.78. The Hall–Kier alpha value is -0.590. The van der Waals surface area contributed by atoms with Gasteiger partial charge in [0.15, 0.2) is 0 Å². The minimum Gasteiger partial charge on any atom is -0.475 e. The number of nitrogens with zero attached hydrogens (tertiary/aromatic N) is 3. The van der Waals surface area contributed by atoms with Crippen LogP contribution in [0.5, 0.6) is 5.88 Å². The van der Waals surface area contributed by atoms with Gasteiger partial charge in [0.2, 0.25) is 0 Å². The van der Waals surface area contributed by atoms with E-state index in [1.165, 1.54) is 17.3 Å². The van der Waals surface area contributed by atoms with Gasteiger partial charge in [-0.3, -0.25) is 0 Å². The van der Waals surface area contributed by atoms with E-state index in [9.17, 15) is 0 Å². The van der Waals surface area contributed by atoms with Crippen molar-refractivity contribution in [3.05, 3.63) is 11.8 Å². The predicted molar refractivity (Wildman–Crippen MR) is 73.9 cm³/mol. The van der Waals surface area contributed by atoms with Crippen LogP contribution in [0.2, 0.25) is 0 Å².